The highest BCUT2D eigenvalue weighted by Gasteiger charge is 2.20. The highest BCUT2D eigenvalue weighted by molar-refractivity contribution is 6.31. The molecule has 0 N–H and O–H groups in total. The van der Waals surface area contributed by atoms with E-state index in [0.717, 1.165) is 21.9 Å². The molecule has 53 heavy (non-hydrogen) atoms. The molecule has 0 unspecified atom stereocenters. The first-order valence-corrected chi connectivity index (χ1v) is 18.3. The molecule has 0 fully saturated rings. The molecule has 0 radical (unpaired) electrons. The average molecular weight is 671 g/mol. The van der Waals surface area contributed by atoms with E-state index in [1.54, 1.807) is 0 Å². The number of rotatable bonds is 2. The van der Waals surface area contributed by atoms with Crippen molar-refractivity contribution in [2.75, 3.05) is 0 Å². The van der Waals surface area contributed by atoms with Crippen LogP contribution in [0.4, 0.5) is 0 Å². The van der Waals surface area contributed by atoms with E-state index in [0.29, 0.717) is 0 Å². The van der Waals surface area contributed by atoms with Crippen molar-refractivity contribution in [3.8, 4) is 22.3 Å². The van der Waals surface area contributed by atoms with Gasteiger partial charge in [-0.05, 0) is 110 Å². The molecule has 0 aliphatic rings. The van der Waals surface area contributed by atoms with Gasteiger partial charge in [-0.1, -0.05) is 164 Å². The van der Waals surface area contributed by atoms with E-state index in [4.69, 9.17) is 4.42 Å². The molecule has 0 atom stereocenters. The zero-order valence-corrected chi connectivity index (χ0v) is 28.7. The molecule has 1 aromatic heterocycles. The minimum absolute atomic E-state index is 0.909. The predicted molar refractivity (Wildman–Crippen MR) is 227 cm³/mol. The zero-order valence-electron chi connectivity index (χ0n) is 28.7. The summed E-state index contributed by atoms with van der Waals surface area (Å²) < 4.78 is 6.71. The minimum Gasteiger partial charge on any atom is -0.455 e. The largest absolute Gasteiger partial charge is 0.455 e. The van der Waals surface area contributed by atoms with Crippen LogP contribution in [-0.4, -0.2) is 0 Å². The Morgan fingerprint density at radius 3 is 1.09 bits per heavy atom. The van der Waals surface area contributed by atoms with Crippen molar-refractivity contribution in [1.29, 1.82) is 0 Å². The molecule has 0 saturated heterocycles. The van der Waals surface area contributed by atoms with E-state index in [1.807, 2.05) is 0 Å². The van der Waals surface area contributed by atoms with Crippen molar-refractivity contribution in [1.82, 2.24) is 0 Å². The molecule has 0 saturated carbocycles. The van der Waals surface area contributed by atoms with Crippen LogP contribution in [0.2, 0.25) is 0 Å². The van der Waals surface area contributed by atoms with Crippen LogP contribution in [0.5, 0.6) is 0 Å². The second-order valence-electron chi connectivity index (χ2n) is 14.3. The highest BCUT2D eigenvalue weighted by atomic mass is 16.3. The Morgan fingerprint density at radius 2 is 0.585 bits per heavy atom. The third kappa shape index (κ3) is 3.97. The van der Waals surface area contributed by atoms with Crippen LogP contribution in [0, 0.1) is 0 Å². The van der Waals surface area contributed by atoms with Crippen LogP contribution in [0.1, 0.15) is 0 Å². The lowest BCUT2D eigenvalue weighted by Gasteiger charge is -2.18. The fourth-order valence-corrected chi connectivity index (χ4v) is 9.38. The molecule has 0 amide bonds. The van der Waals surface area contributed by atoms with Crippen LogP contribution in [0.25, 0.3) is 120 Å². The molecule has 0 aliphatic heterocycles. The van der Waals surface area contributed by atoms with E-state index in [9.17, 15) is 0 Å². The number of furan rings is 1. The number of benzene rings is 11. The van der Waals surface area contributed by atoms with Crippen molar-refractivity contribution < 1.29 is 4.42 Å². The fourth-order valence-electron chi connectivity index (χ4n) is 9.38. The van der Waals surface area contributed by atoms with Crippen LogP contribution in [0.3, 0.4) is 0 Å². The predicted octanol–water partition coefficient (Wildman–Crippen LogP) is 15.0. The first-order chi connectivity index (χ1) is 26.3. The summed E-state index contributed by atoms with van der Waals surface area (Å²) in [5, 5.41) is 19.9. The van der Waals surface area contributed by atoms with Crippen LogP contribution >= 0.6 is 0 Å². The van der Waals surface area contributed by atoms with Gasteiger partial charge in [0, 0.05) is 16.2 Å². The zero-order chi connectivity index (χ0) is 34.6. The number of hydrogen-bond donors (Lipinski definition) is 0. The molecule has 1 heterocycles. The van der Waals surface area contributed by atoms with E-state index in [2.05, 4.69) is 182 Å². The van der Waals surface area contributed by atoms with Gasteiger partial charge in [0.25, 0.3) is 0 Å². The summed E-state index contributed by atoms with van der Waals surface area (Å²) in [5.74, 6) is 0. The van der Waals surface area contributed by atoms with E-state index < -0.39 is 0 Å². The molecule has 12 rings (SSSR count). The Bertz CT molecular complexity index is 3420. The first kappa shape index (κ1) is 28.7. The maximum Gasteiger partial charge on any atom is 0.143 e. The van der Waals surface area contributed by atoms with Crippen molar-refractivity contribution in [3.63, 3.8) is 0 Å². The molecule has 0 spiro atoms. The van der Waals surface area contributed by atoms with Gasteiger partial charge in [0.1, 0.15) is 11.2 Å². The summed E-state index contributed by atoms with van der Waals surface area (Å²) >= 11 is 0. The van der Waals surface area contributed by atoms with Gasteiger partial charge >= 0.3 is 0 Å². The Labute approximate surface area is 304 Å². The second-order valence-corrected chi connectivity index (χ2v) is 14.3. The van der Waals surface area contributed by atoms with Crippen LogP contribution in [0.15, 0.2) is 186 Å². The van der Waals surface area contributed by atoms with Gasteiger partial charge in [-0.15, -0.1) is 0 Å². The second kappa shape index (κ2) is 10.8. The van der Waals surface area contributed by atoms with Gasteiger partial charge < -0.3 is 4.42 Å². The van der Waals surface area contributed by atoms with Gasteiger partial charge in [0.2, 0.25) is 0 Å². The Balaban J connectivity index is 1.16. The third-order valence-corrected chi connectivity index (χ3v) is 11.6. The lowest BCUT2D eigenvalue weighted by Crippen LogP contribution is -1.91. The van der Waals surface area contributed by atoms with Gasteiger partial charge in [-0.2, -0.15) is 0 Å². The molecule has 0 bridgehead atoms. The quantitative estimate of drug-likeness (QED) is 0.132. The summed E-state index contributed by atoms with van der Waals surface area (Å²) in [6.07, 6.45) is 0. The Hall–Kier alpha value is -6.96. The molecular formula is C52H30O. The summed E-state index contributed by atoms with van der Waals surface area (Å²) in [6.45, 7) is 0. The Kier molecular flexibility index (Phi) is 5.84. The van der Waals surface area contributed by atoms with E-state index in [1.165, 1.54) is 97.7 Å². The van der Waals surface area contributed by atoms with Gasteiger partial charge in [0.15, 0.2) is 0 Å². The first-order valence-electron chi connectivity index (χ1n) is 18.3. The smallest absolute Gasteiger partial charge is 0.143 e. The van der Waals surface area contributed by atoms with Crippen LogP contribution < -0.4 is 0 Å². The molecule has 244 valence electrons. The van der Waals surface area contributed by atoms with Gasteiger partial charge in [0.05, 0.1) is 0 Å². The SMILES string of the molecule is c1ccc2c(-c3ccc4oc5c6ccccc6c6ccccc6c5c4c3)c3ccccc3c(-c3ccc4c5ccccc5c5ccccc5c4c3)c2c1. The lowest BCUT2D eigenvalue weighted by molar-refractivity contribution is 0.673. The summed E-state index contributed by atoms with van der Waals surface area (Å²) in [7, 11) is 0. The van der Waals surface area contributed by atoms with E-state index in [-0.39, 0.29) is 0 Å². The monoisotopic (exact) mass is 670 g/mol. The van der Waals surface area contributed by atoms with Gasteiger partial charge in [-0.25, -0.2) is 0 Å². The van der Waals surface area contributed by atoms with Crippen molar-refractivity contribution in [2.45, 2.75) is 0 Å². The van der Waals surface area contributed by atoms with E-state index >= 15 is 0 Å². The minimum atomic E-state index is 0.909. The van der Waals surface area contributed by atoms with Gasteiger partial charge in [-0.3, -0.25) is 0 Å². The molecule has 0 aliphatic carbocycles. The highest BCUT2D eigenvalue weighted by Crippen LogP contribution is 2.47. The molecule has 1 nitrogen and oxygen atoms in total. The standard InChI is InChI=1S/C52H30O/c1-2-15-35-33(13-1)34-14-3-4-18-38(34)46-29-31(25-27-39(35)46)49-41-20-8-10-22-43(41)50(44-23-11-9-21-42(44)49)32-26-28-48-47(30-32)51-40-19-7-5-16-36(40)37-17-6-12-24-45(37)52(51)53-48/h1-30H. The number of hydrogen-bond acceptors (Lipinski definition) is 1. The van der Waals surface area contributed by atoms with Crippen molar-refractivity contribution in [2.24, 2.45) is 0 Å². The topological polar surface area (TPSA) is 13.1 Å². The molecular weight excluding hydrogens is 641 g/mol. The molecule has 1 heteroatoms. The average Bonchev–Trinajstić information content (AvgIpc) is 3.62. The summed E-state index contributed by atoms with van der Waals surface area (Å²) in [4.78, 5) is 0. The Morgan fingerprint density at radius 1 is 0.245 bits per heavy atom. The normalized spacial score (nSPS) is 12.2. The van der Waals surface area contributed by atoms with Crippen LogP contribution in [-0.2, 0) is 0 Å². The number of fused-ring (bicyclic) bond motifs is 16. The molecule has 12 aromatic rings. The third-order valence-electron chi connectivity index (χ3n) is 11.6. The maximum atomic E-state index is 6.71. The molecule has 11 aromatic carbocycles. The summed E-state index contributed by atoms with van der Waals surface area (Å²) in [6, 6.07) is 66.8. The summed E-state index contributed by atoms with van der Waals surface area (Å²) in [5.41, 5.74) is 6.79. The fraction of sp³-hybridized carbons (Fsp3) is 0. The lowest BCUT2D eigenvalue weighted by atomic mass is 9.84. The van der Waals surface area contributed by atoms with Crippen molar-refractivity contribution in [3.05, 3.63) is 182 Å². The van der Waals surface area contributed by atoms with Crippen molar-refractivity contribution >= 4 is 97.3 Å². The maximum absolute atomic E-state index is 6.71.